The first-order valence-electron chi connectivity index (χ1n) is 7.47. The predicted octanol–water partition coefficient (Wildman–Crippen LogP) is 1.88. The Hall–Kier alpha value is -1.83. The van der Waals surface area contributed by atoms with Crippen LogP contribution < -0.4 is 18.0 Å². The minimum atomic E-state index is -0.216. The standard InChI is InChI=1S/C20H13FOSe2/c21-14-11-12-18-17(13-14)19(23-15-7-3-1-4-8-15)20(22-18)24-16-9-5-2-6-10-16/h1-13H. The molecule has 4 rings (SSSR count). The van der Waals surface area contributed by atoms with E-state index in [1.807, 2.05) is 36.4 Å². The van der Waals surface area contributed by atoms with Crippen LogP contribution in [0.25, 0.3) is 11.0 Å². The van der Waals surface area contributed by atoms with Gasteiger partial charge in [-0.3, -0.25) is 0 Å². The SMILES string of the molecule is Fc1ccc2oc([Se]c3ccccc3)c([Se]c3ccccc3)c2c1. The molecule has 0 N–H and O–H groups in total. The van der Waals surface area contributed by atoms with Crippen molar-refractivity contribution in [1.29, 1.82) is 0 Å². The number of halogens is 1. The molecule has 0 aliphatic heterocycles. The van der Waals surface area contributed by atoms with E-state index < -0.39 is 0 Å². The summed E-state index contributed by atoms with van der Waals surface area (Å²) in [6.07, 6.45) is 0. The van der Waals surface area contributed by atoms with Gasteiger partial charge in [0.2, 0.25) is 0 Å². The summed E-state index contributed by atoms with van der Waals surface area (Å²) in [5, 5.41) is 0.909. The van der Waals surface area contributed by atoms with Crippen molar-refractivity contribution in [3.63, 3.8) is 0 Å². The molecule has 0 amide bonds. The normalized spacial score (nSPS) is 11.0. The Bertz CT molecular complexity index is 965. The van der Waals surface area contributed by atoms with Crippen LogP contribution in [0.1, 0.15) is 0 Å². The molecule has 0 fully saturated rings. The molecule has 1 aromatic heterocycles. The Morgan fingerprint density at radius 3 is 2.00 bits per heavy atom. The number of rotatable bonds is 4. The van der Waals surface area contributed by atoms with Gasteiger partial charge in [0.05, 0.1) is 0 Å². The summed E-state index contributed by atoms with van der Waals surface area (Å²) in [5.74, 6) is -0.216. The van der Waals surface area contributed by atoms with Crippen LogP contribution in [0.15, 0.2) is 83.3 Å². The van der Waals surface area contributed by atoms with Crippen molar-refractivity contribution in [2.45, 2.75) is 0 Å². The first kappa shape index (κ1) is 15.7. The molecule has 118 valence electrons. The van der Waals surface area contributed by atoms with Crippen molar-refractivity contribution in [3.8, 4) is 0 Å². The van der Waals surface area contributed by atoms with Crippen molar-refractivity contribution in [3.05, 3.63) is 84.7 Å². The van der Waals surface area contributed by atoms with Crippen LogP contribution in [0.4, 0.5) is 4.39 Å². The second kappa shape index (κ2) is 6.96. The second-order valence-corrected chi connectivity index (χ2v) is 9.66. The number of hydrogen-bond acceptors (Lipinski definition) is 1. The molecular formula is C20H13FOSe2. The van der Waals surface area contributed by atoms with E-state index in [1.165, 1.54) is 15.0 Å². The molecule has 1 heterocycles. The molecule has 24 heavy (non-hydrogen) atoms. The van der Waals surface area contributed by atoms with Crippen molar-refractivity contribution in [1.82, 2.24) is 0 Å². The Morgan fingerprint density at radius 2 is 1.33 bits per heavy atom. The van der Waals surface area contributed by atoms with Gasteiger partial charge in [0.1, 0.15) is 0 Å². The van der Waals surface area contributed by atoms with Crippen molar-refractivity contribution < 1.29 is 8.81 Å². The molecule has 0 radical (unpaired) electrons. The monoisotopic (exact) mass is 448 g/mol. The Morgan fingerprint density at radius 1 is 0.708 bits per heavy atom. The van der Waals surface area contributed by atoms with E-state index in [-0.39, 0.29) is 35.7 Å². The van der Waals surface area contributed by atoms with Crippen LogP contribution in [0.2, 0.25) is 0 Å². The fraction of sp³-hybridized carbons (Fsp3) is 0. The molecule has 0 bridgehead atoms. The molecule has 0 saturated heterocycles. The quantitative estimate of drug-likeness (QED) is 0.437. The molecule has 0 aliphatic rings. The fourth-order valence-electron chi connectivity index (χ4n) is 2.39. The molecule has 1 nitrogen and oxygen atoms in total. The third kappa shape index (κ3) is 3.33. The zero-order chi connectivity index (χ0) is 16.4. The third-order valence-electron chi connectivity index (χ3n) is 3.49. The molecule has 0 saturated carbocycles. The molecule has 3 aromatic carbocycles. The molecule has 4 heteroatoms. The van der Waals surface area contributed by atoms with E-state index in [0.717, 1.165) is 20.1 Å². The molecule has 4 aromatic rings. The van der Waals surface area contributed by atoms with Gasteiger partial charge >= 0.3 is 152 Å². The zero-order valence-electron chi connectivity index (χ0n) is 12.6. The van der Waals surface area contributed by atoms with Gasteiger partial charge < -0.3 is 0 Å². The number of hydrogen-bond donors (Lipinski definition) is 0. The topological polar surface area (TPSA) is 13.1 Å². The summed E-state index contributed by atoms with van der Waals surface area (Å²) in [6, 6.07) is 25.5. The maximum atomic E-state index is 13.8. The summed E-state index contributed by atoms with van der Waals surface area (Å²) in [7, 11) is 0. The Kier molecular flexibility index (Phi) is 4.55. The van der Waals surface area contributed by atoms with Crippen molar-refractivity contribution in [2.24, 2.45) is 0 Å². The Balaban J connectivity index is 1.81. The van der Waals surface area contributed by atoms with Gasteiger partial charge in [-0.2, -0.15) is 0 Å². The third-order valence-corrected chi connectivity index (χ3v) is 8.55. The van der Waals surface area contributed by atoms with Gasteiger partial charge in [0.15, 0.2) is 0 Å². The van der Waals surface area contributed by atoms with Crippen molar-refractivity contribution in [2.75, 3.05) is 0 Å². The van der Waals surface area contributed by atoms with Gasteiger partial charge in [-0.15, -0.1) is 0 Å². The maximum absolute atomic E-state index is 13.8. The average molecular weight is 446 g/mol. The number of benzene rings is 3. The summed E-state index contributed by atoms with van der Waals surface area (Å²) in [5.41, 5.74) is 0.775. The molecule has 0 atom stereocenters. The summed E-state index contributed by atoms with van der Waals surface area (Å²) in [4.78, 5) is 0. The molecule has 0 unspecified atom stereocenters. The average Bonchev–Trinajstić information content (AvgIpc) is 2.94. The van der Waals surface area contributed by atoms with Gasteiger partial charge in [-0.1, -0.05) is 0 Å². The first-order valence-corrected chi connectivity index (χ1v) is 10.9. The van der Waals surface area contributed by atoms with Gasteiger partial charge in [-0.05, 0) is 0 Å². The molecule has 0 aliphatic carbocycles. The summed E-state index contributed by atoms with van der Waals surface area (Å²) < 4.78 is 24.6. The van der Waals surface area contributed by atoms with Gasteiger partial charge in [-0.25, -0.2) is 0 Å². The minimum absolute atomic E-state index is 0.0720. The van der Waals surface area contributed by atoms with Crippen LogP contribution in [0, 0.1) is 5.82 Å². The zero-order valence-corrected chi connectivity index (χ0v) is 16.0. The van der Waals surface area contributed by atoms with E-state index >= 15 is 0 Å². The predicted molar refractivity (Wildman–Crippen MR) is 99.1 cm³/mol. The van der Waals surface area contributed by atoms with Crippen molar-refractivity contribution >= 4 is 58.9 Å². The molecular weight excluding hydrogens is 433 g/mol. The van der Waals surface area contributed by atoms with E-state index in [0.29, 0.717) is 0 Å². The molecule has 0 spiro atoms. The second-order valence-electron chi connectivity index (χ2n) is 5.19. The van der Waals surface area contributed by atoms with E-state index in [2.05, 4.69) is 24.3 Å². The van der Waals surface area contributed by atoms with Gasteiger partial charge in [0.25, 0.3) is 0 Å². The van der Waals surface area contributed by atoms with Crippen LogP contribution in [0.5, 0.6) is 0 Å². The summed E-state index contributed by atoms with van der Waals surface area (Å²) in [6.45, 7) is 0. The Labute approximate surface area is 152 Å². The first-order chi connectivity index (χ1) is 11.8. The van der Waals surface area contributed by atoms with Crippen LogP contribution in [-0.4, -0.2) is 29.9 Å². The van der Waals surface area contributed by atoms with Crippen LogP contribution in [-0.2, 0) is 0 Å². The summed E-state index contributed by atoms with van der Waals surface area (Å²) >= 11 is 0.161. The number of fused-ring (bicyclic) bond motifs is 1. The van der Waals surface area contributed by atoms with E-state index in [4.69, 9.17) is 4.42 Å². The van der Waals surface area contributed by atoms with E-state index in [1.54, 1.807) is 12.1 Å². The number of furan rings is 1. The van der Waals surface area contributed by atoms with E-state index in [9.17, 15) is 4.39 Å². The fourth-order valence-corrected chi connectivity index (χ4v) is 7.00. The van der Waals surface area contributed by atoms with Crippen LogP contribution >= 0.6 is 0 Å². The van der Waals surface area contributed by atoms with Crippen LogP contribution in [0.3, 0.4) is 0 Å². The van der Waals surface area contributed by atoms with Gasteiger partial charge in [0, 0.05) is 0 Å².